The molecule has 1 aromatic carbocycles. The minimum absolute atomic E-state index is 0.521. The van der Waals surface area contributed by atoms with Crippen molar-refractivity contribution >= 4 is 10.3 Å². The zero-order valence-electron chi connectivity index (χ0n) is 10.3. The molecule has 0 amide bonds. The van der Waals surface area contributed by atoms with Gasteiger partial charge in [0.25, 0.3) is 0 Å². The molecule has 0 heterocycles. The third-order valence-electron chi connectivity index (χ3n) is 3.54. The molecule has 0 aromatic heterocycles. The first-order valence-electron chi connectivity index (χ1n) is 6.29. The lowest BCUT2D eigenvalue weighted by atomic mass is 9.78. The molecular weight excluding hydrogens is 250 g/mol. The van der Waals surface area contributed by atoms with Gasteiger partial charge in [-0.15, -0.1) is 0 Å². The van der Waals surface area contributed by atoms with Gasteiger partial charge in [-0.05, 0) is 24.8 Å². The Labute approximate surface area is 108 Å². The van der Waals surface area contributed by atoms with Crippen LogP contribution in [0.5, 0.6) is 0 Å². The Hall–Kier alpha value is -0.910. The van der Waals surface area contributed by atoms with Gasteiger partial charge in [-0.3, -0.25) is 4.55 Å². The van der Waals surface area contributed by atoms with Crippen LogP contribution in [0.3, 0.4) is 0 Å². The fourth-order valence-electron chi connectivity index (χ4n) is 2.80. The van der Waals surface area contributed by atoms with Gasteiger partial charge in [-0.25, -0.2) is 0 Å². The second kappa shape index (κ2) is 5.38. The third-order valence-corrected chi connectivity index (χ3v) is 4.23. The summed E-state index contributed by atoms with van der Waals surface area (Å²) in [5, 5.41) is 0. The van der Waals surface area contributed by atoms with Crippen molar-refractivity contribution in [2.24, 2.45) is 0 Å². The van der Waals surface area contributed by atoms with E-state index in [2.05, 4.69) is 4.72 Å². The number of benzene rings is 1. The van der Waals surface area contributed by atoms with Gasteiger partial charge >= 0.3 is 10.3 Å². The molecule has 2 rings (SSSR count). The van der Waals surface area contributed by atoms with Crippen molar-refractivity contribution in [2.45, 2.75) is 44.1 Å². The molecule has 1 aromatic rings. The first-order chi connectivity index (χ1) is 8.49. The van der Waals surface area contributed by atoms with Gasteiger partial charge in [0, 0.05) is 5.54 Å². The topological polar surface area (TPSA) is 66.4 Å². The minimum Gasteiger partial charge on any atom is -0.273 e. The van der Waals surface area contributed by atoms with E-state index in [4.69, 9.17) is 4.55 Å². The molecule has 0 spiro atoms. The maximum atomic E-state index is 11.1. The van der Waals surface area contributed by atoms with Crippen LogP contribution in [0.4, 0.5) is 0 Å². The van der Waals surface area contributed by atoms with Gasteiger partial charge in [-0.1, -0.05) is 49.6 Å². The highest BCUT2D eigenvalue weighted by Gasteiger charge is 2.35. The highest BCUT2D eigenvalue weighted by molar-refractivity contribution is 7.83. The van der Waals surface area contributed by atoms with Gasteiger partial charge in [0.05, 0.1) is 0 Å². The van der Waals surface area contributed by atoms with Crippen molar-refractivity contribution < 1.29 is 13.0 Å². The molecule has 5 heteroatoms. The lowest BCUT2D eigenvalue weighted by molar-refractivity contribution is 0.258. The van der Waals surface area contributed by atoms with E-state index in [0.717, 1.165) is 37.7 Å². The summed E-state index contributed by atoms with van der Waals surface area (Å²) in [6.45, 7) is 0. The van der Waals surface area contributed by atoms with Gasteiger partial charge in [0.2, 0.25) is 0 Å². The maximum Gasteiger partial charge on any atom is 0.333 e. The highest BCUT2D eigenvalue weighted by atomic mass is 32.2. The first-order valence-corrected chi connectivity index (χ1v) is 7.73. The SMILES string of the molecule is O=S(=O)(O)NC1(Cc2ccccc2)CCCCC1. The lowest BCUT2D eigenvalue weighted by Crippen LogP contribution is -2.51. The molecule has 1 aliphatic rings. The summed E-state index contributed by atoms with van der Waals surface area (Å²) in [5.41, 5.74) is 0.572. The molecule has 0 unspecified atom stereocenters. The molecule has 0 radical (unpaired) electrons. The Balaban J connectivity index is 2.19. The van der Waals surface area contributed by atoms with Crippen molar-refractivity contribution in [1.29, 1.82) is 0 Å². The van der Waals surface area contributed by atoms with Crippen LogP contribution >= 0.6 is 0 Å². The predicted octanol–water partition coefficient (Wildman–Crippen LogP) is 2.32. The molecule has 0 bridgehead atoms. The Morgan fingerprint density at radius 2 is 1.72 bits per heavy atom. The van der Waals surface area contributed by atoms with E-state index in [1.54, 1.807) is 0 Å². The van der Waals surface area contributed by atoms with Crippen LogP contribution in [-0.2, 0) is 16.7 Å². The second-order valence-electron chi connectivity index (χ2n) is 5.08. The Morgan fingerprint density at radius 3 is 2.28 bits per heavy atom. The summed E-state index contributed by atoms with van der Waals surface area (Å²) >= 11 is 0. The van der Waals surface area contributed by atoms with Crippen LogP contribution in [0.15, 0.2) is 30.3 Å². The number of nitrogens with one attached hydrogen (secondary N) is 1. The van der Waals surface area contributed by atoms with Crippen LogP contribution in [0.2, 0.25) is 0 Å². The normalized spacial score (nSPS) is 19.6. The number of rotatable bonds is 4. The largest absolute Gasteiger partial charge is 0.333 e. The van der Waals surface area contributed by atoms with Gasteiger partial charge in [-0.2, -0.15) is 13.1 Å². The summed E-state index contributed by atoms with van der Waals surface area (Å²) < 4.78 is 33.8. The summed E-state index contributed by atoms with van der Waals surface area (Å²) in [4.78, 5) is 0. The van der Waals surface area contributed by atoms with Crippen molar-refractivity contribution in [3.63, 3.8) is 0 Å². The lowest BCUT2D eigenvalue weighted by Gasteiger charge is -2.37. The molecule has 1 fully saturated rings. The van der Waals surface area contributed by atoms with Crippen molar-refractivity contribution in [1.82, 2.24) is 4.72 Å². The van der Waals surface area contributed by atoms with Gasteiger partial charge < -0.3 is 0 Å². The molecule has 0 aliphatic heterocycles. The first kappa shape index (κ1) is 13.5. The molecule has 1 saturated carbocycles. The fraction of sp³-hybridized carbons (Fsp3) is 0.538. The van der Waals surface area contributed by atoms with E-state index in [9.17, 15) is 8.42 Å². The number of hydrogen-bond acceptors (Lipinski definition) is 2. The minimum atomic E-state index is -4.15. The second-order valence-corrected chi connectivity index (χ2v) is 6.23. The summed E-state index contributed by atoms with van der Waals surface area (Å²) in [6.07, 6.45) is 5.31. The van der Waals surface area contributed by atoms with Crippen LogP contribution in [-0.4, -0.2) is 18.5 Å². The standard InChI is InChI=1S/C13H19NO3S/c15-18(16,17)14-13(9-5-2-6-10-13)11-12-7-3-1-4-8-12/h1,3-4,7-8,14H,2,5-6,9-11H2,(H,15,16,17). The van der Waals surface area contributed by atoms with Crippen LogP contribution in [0.1, 0.15) is 37.7 Å². The molecule has 100 valence electrons. The van der Waals surface area contributed by atoms with Crippen molar-refractivity contribution in [3.05, 3.63) is 35.9 Å². The molecule has 1 aliphatic carbocycles. The van der Waals surface area contributed by atoms with E-state index >= 15 is 0 Å². The summed E-state index contributed by atoms with van der Waals surface area (Å²) in [6, 6.07) is 9.80. The van der Waals surface area contributed by atoms with Crippen LogP contribution in [0.25, 0.3) is 0 Å². The average molecular weight is 269 g/mol. The zero-order valence-corrected chi connectivity index (χ0v) is 11.1. The van der Waals surface area contributed by atoms with E-state index in [-0.39, 0.29) is 0 Å². The van der Waals surface area contributed by atoms with Crippen LogP contribution in [0, 0.1) is 0 Å². The third kappa shape index (κ3) is 3.80. The Bertz CT molecular complexity index is 478. The summed E-state index contributed by atoms with van der Waals surface area (Å²) in [5.74, 6) is 0. The average Bonchev–Trinajstić information content (AvgIpc) is 2.28. The predicted molar refractivity (Wildman–Crippen MR) is 70.6 cm³/mol. The van der Waals surface area contributed by atoms with E-state index < -0.39 is 15.8 Å². The maximum absolute atomic E-state index is 11.1. The monoisotopic (exact) mass is 269 g/mol. The molecule has 4 nitrogen and oxygen atoms in total. The van der Waals surface area contributed by atoms with Gasteiger partial charge in [0.15, 0.2) is 0 Å². The molecule has 2 N–H and O–H groups in total. The van der Waals surface area contributed by atoms with E-state index in [1.807, 2.05) is 30.3 Å². The zero-order chi connectivity index (χ0) is 13.1. The quantitative estimate of drug-likeness (QED) is 0.824. The fourth-order valence-corrected chi connectivity index (χ4v) is 3.63. The Kier molecular flexibility index (Phi) is 4.04. The molecular formula is C13H19NO3S. The molecule has 0 saturated heterocycles. The van der Waals surface area contributed by atoms with Crippen LogP contribution < -0.4 is 4.72 Å². The van der Waals surface area contributed by atoms with E-state index in [1.165, 1.54) is 0 Å². The highest BCUT2D eigenvalue weighted by Crippen LogP contribution is 2.31. The Morgan fingerprint density at radius 1 is 1.11 bits per heavy atom. The molecule has 0 atom stereocenters. The number of hydrogen-bond donors (Lipinski definition) is 2. The van der Waals surface area contributed by atoms with Crippen molar-refractivity contribution in [2.75, 3.05) is 0 Å². The molecule has 18 heavy (non-hydrogen) atoms. The summed E-state index contributed by atoms with van der Waals surface area (Å²) in [7, 11) is -4.15. The van der Waals surface area contributed by atoms with Crippen molar-refractivity contribution in [3.8, 4) is 0 Å². The van der Waals surface area contributed by atoms with Gasteiger partial charge in [0.1, 0.15) is 0 Å². The smallest absolute Gasteiger partial charge is 0.273 e. The van der Waals surface area contributed by atoms with E-state index in [0.29, 0.717) is 6.42 Å².